The summed E-state index contributed by atoms with van der Waals surface area (Å²) < 4.78 is 8.50. The van der Waals surface area contributed by atoms with Gasteiger partial charge < -0.3 is 9.84 Å². The van der Waals surface area contributed by atoms with Crippen molar-refractivity contribution in [3.63, 3.8) is 0 Å². The number of rotatable bonds is 6. The minimum Gasteiger partial charge on any atom is -0.345 e. The first-order valence-electron chi connectivity index (χ1n) is 7.29. The quantitative estimate of drug-likeness (QED) is 0.728. The van der Waals surface area contributed by atoms with E-state index in [1.54, 1.807) is 40.9 Å². The van der Waals surface area contributed by atoms with Gasteiger partial charge >= 0.3 is 0 Å². The molecule has 0 saturated heterocycles. The summed E-state index contributed by atoms with van der Waals surface area (Å²) in [5.74, 6) is 0.617. The maximum absolute atomic E-state index is 12.1. The minimum atomic E-state index is -0.407. The molecule has 1 atom stereocenters. The maximum atomic E-state index is 12.1. The van der Waals surface area contributed by atoms with Crippen LogP contribution in [0.15, 0.2) is 35.4 Å². The van der Waals surface area contributed by atoms with Crippen molar-refractivity contribution in [3.05, 3.63) is 36.7 Å². The summed E-state index contributed by atoms with van der Waals surface area (Å²) in [6, 6.07) is 1.36. The smallest absolute Gasteiger partial charge is 0.246 e. The van der Waals surface area contributed by atoms with E-state index in [1.807, 2.05) is 13.1 Å². The Balaban J connectivity index is 1.60. The molecule has 0 radical (unpaired) electrons. The van der Waals surface area contributed by atoms with Crippen LogP contribution < -0.4 is 5.32 Å². The maximum Gasteiger partial charge on any atom is 0.246 e. The Kier molecular flexibility index (Phi) is 4.18. The Hall–Kier alpha value is -2.97. The first-order chi connectivity index (χ1) is 11.2. The van der Waals surface area contributed by atoms with Gasteiger partial charge in [0.1, 0.15) is 6.04 Å². The Morgan fingerprint density at radius 2 is 2.30 bits per heavy atom. The molecule has 0 spiro atoms. The number of carbonyl (C=O) groups excluding carboxylic acids is 1. The molecule has 1 N–H and O–H groups in total. The van der Waals surface area contributed by atoms with E-state index in [0.717, 1.165) is 12.1 Å². The molecule has 23 heavy (non-hydrogen) atoms. The van der Waals surface area contributed by atoms with Crippen LogP contribution in [0.3, 0.4) is 0 Å². The molecule has 0 aromatic carbocycles. The summed E-state index contributed by atoms with van der Waals surface area (Å²) in [6.45, 7) is 4.70. The van der Waals surface area contributed by atoms with Gasteiger partial charge in [0.05, 0.1) is 18.3 Å². The second-order valence-corrected chi connectivity index (χ2v) is 4.98. The molecule has 3 aromatic rings. The van der Waals surface area contributed by atoms with E-state index >= 15 is 0 Å². The Morgan fingerprint density at radius 3 is 3.00 bits per heavy atom. The normalized spacial score (nSPS) is 12.3. The van der Waals surface area contributed by atoms with Crippen LogP contribution in [0, 0.1) is 0 Å². The Bertz CT molecular complexity index is 775. The Morgan fingerprint density at radius 1 is 1.43 bits per heavy atom. The van der Waals surface area contributed by atoms with Crippen molar-refractivity contribution >= 4 is 5.91 Å². The van der Waals surface area contributed by atoms with E-state index in [0.29, 0.717) is 11.7 Å². The van der Waals surface area contributed by atoms with Crippen LogP contribution in [0.5, 0.6) is 0 Å². The van der Waals surface area contributed by atoms with Crippen molar-refractivity contribution in [3.8, 4) is 11.4 Å². The molecule has 9 heteroatoms. The lowest BCUT2D eigenvalue weighted by atomic mass is 10.3. The van der Waals surface area contributed by atoms with Gasteiger partial charge in [0.25, 0.3) is 0 Å². The average molecular weight is 315 g/mol. The van der Waals surface area contributed by atoms with Crippen LogP contribution in [0.4, 0.5) is 0 Å². The summed E-state index contributed by atoms with van der Waals surface area (Å²) in [5.41, 5.74) is 0.776. The second kappa shape index (κ2) is 6.42. The number of amides is 1. The summed E-state index contributed by atoms with van der Waals surface area (Å²) in [5, 5.41) is 14.9. The molecule has 3 heterocycles. The third-order valence-corrected chi connectivity index (χ3v) is 3.40. The Labute approximate surface area is 132 Å². The molecule has 3 rings (SSSR count). The molecule has 0 fully saturated rings. The molecule has 9 nitrogen and oxygen atoms in total. The zero-order chi connectivity index (χ0) is 16.2. The lowest BCUT2D eigenvalue weighted by molar-refractivity contribution is -0.124. The predicted molar refractivity (Wildman–Crippen MR) is 80.0 cm³/mol. The van der Waals surface area contributed by atoms with Gasteiger partial charge in [0.2, 0.25) is 17.6 Å². The number of hydrogen-bond donors (Lipinski definition) is 1. The lowest BCUT2D eigenvalue weighted by Crippen LogP contribution is -2.30. The molecular formula is C14H17N7O2. The van der Waals surface area contributed by atoms with E-state index in [2.05, 4.69) is 25.7 Å². The molecule has 0 aliphatic rings. The number of hydrogen-bond acceptors (Lipinski definition) is 6. The number of nitrogens with one attached hydrogen (secondary N) is 1. The van der Waals surface area contributed by atoms with Gasteiger partial charge in [-0.05, 0) is 19.9 Å². The monoisotopic (exact) mass is 315 g/mol. The summed E-state index contributed by atoms with van der Waals surface area (Å²) >= 11 is 0. The average Bonchev–Trinajstić information content (AvgIpc) is 3.32. The van der Waals surface area contributed by atoms with Crippen molar-refractivity contribution in [2.75, 3.05) is 0 Å². The standard InChI is InChI=1S/C14H17N7O2/c1-3-20-9-11(7-17-20)13-18-12(23-19-13)8-15-14(22)10(2)21-6-4-5-16-21/h4-7,9-10H,3,8H2,1-2H3,(H,15,22)/t10-/m1/s1. The van der Waals surface area contributed by atoms with Gasteiger partial charge in [-0.2, -0.15) is 15.2 Å². The summed E-state index contributed by atoms with van der Waals surface area (Å²) in [4.78, 5) is 16.3. The van der Waals surface area contributed by atoms with E-state index in [-0.39, 0.29) is 12.5 Å². The highest BCUT2D eigenvalue weighted by molar-refractivity contribution is 5.79. The zero-order valence-electron chi connectivity index (χ0n) is 12.9. The van der Waals surface area contributed by atoms with Crippen LogP contribution in [-0.2, 0) is 17.9 Å². The molecule has 1 amide bonds. The van der Waals surface area contributed by atoms with Crippen molar-refractivity contribution in [1.29, 1.82) is 0 Å². The molecule has 0 saturated carbocycles. The third-order valence-electron chi connectivity index (χ3n) is 3.40. The van der Waals surface area contributed by atoms with Crippen LogP contribution in [0.2, 0.25) is 0 Å². The van der Waals surface area contributed by atoms with Crippen LogP contribution in [-0.4, -0.2) is 35.6 Å². The van der Waals surface area contributed by atoms with E-state index in [1.165, 1.54) is 0 Å². The fourth-order valence-electron chi connectivity index (χ4n) is 2.04. The van der Waals surface area contributed by atoms with Gasteiger partial charge in [-0.25, -0.2) is 0 Å². The topological polar surface area (TPSA) is 104 Å². The molecular weight excluding hydrogens is 298 g/mol. The predicted octanol–water partition coefficient (Wildman–Crippen LogP) is 1.03. The first-order valence-corrected chi connectivity index (χ1v) is 7.29. The van der Waals surface area contributed by atoms with Crippen LogP contribution in [0.1, 0.15) is 25.8 Å². The number of aryl methyl sites for hydroxylation is 1. The van der Waals surface area contributed by atoms with Crippen LogP contribution in [0.25, 0.3) is 11.4 Å². The van der Waals surface area contributed by atoms with Crippen LogP contribution >= 0.6 is 0 Å². The van der Waals surface area contributed by atoms with Gasteiger partial charge in [0.15, 0.2) is 0 Å². The molecule has 3 aromatic heterocycles. The lowest BCUT2D eigenvalue weighted by Gasteiger charge is -2.11. The van der Waals surface area contributed by atoms with Gasteiger partial charge in [-0.1, -0.05) is 5.16 Å². The number of carbonyl (C=O) groups is 1. The van der Waals surface area contributed by atoms with Gasteiger partial charge in [0, 0.05) is 25.1 Å². The zero-order valence-corrected chi connectivity index (χ0v) is 12.9. The van der Waals surface area contributed by atoms with Crippen molar-refractivity contribution in [2.45, 2.75) is 33.0 Å². The van der Waals surface area contributed by atoms with Crippen molar-refractivity contribution < 1.29 is 9.32 Å². The highest BCUT2D eigenvalue weighted by atomic mass is 16.5. The largest absolute Gasteiger partial charge is 0.345 e. The molecule has 0 aliphatic heterocycles. The first kappa shape index (κ1) is 14.9. The number of nitrogens with zero attached hydrogens (tertiary/aromatic N) is 6. The summed E-state index contributed by atoms with van der Waals surface area (Å²) in [6.07, 6.45) is 6.88. The SMILES string of the molecule is CCn1cc(-c2noc(CNC(=O)[C@@H](C)n3cccn3)n2)cn1. The number of aromatic nitrogens is 6. The van der Waals surface area contributed by atoms with E-state index in [4.69, 9.17) is 4.52 Å². The minimum absolute atomic E-state index is 0.166. The van der Waals surface area contributed by atoms with Crippen molar-refractivity contribution in [1.82, 2.24) is 35.0 Å². The molecule has 0 unspecified atom stereocenters. The van der Waals surface area contributed by atoms with Gasteiger partial charge in [-0.3, -0.25) is 14.2 Å². The van der Waals surface area contributed by atoms with Gasteiger partial charge in [-0.15, -0.1) is 0 Å². The molecule has 0 bridgehead atoms. The van der Waals surface area contributed by atoms with Crippen molar-refractivity contribution in [2.24, 2.45) is 0 Å². The third kappa shape index (κ3) is 3.28. The molecule has 120 valence electrons. The highest BCUT2D eigenvalue weighted by Crippen LogP contribution is 2.14. The molecule has 0 aliphatic carbocycles. The fraction of sp³-hybridized carbons (Fsp3) is 0.357. The fourth-order valence-corrected chi connectivity index (χ4v) is 2.04. The van der Waals surface area contributed by atoms with E-state index in [9.17, 15) is 4.79 Å². The highest BCUT2D eigenvalue weighted by Gasteiger charge is 2.16. The van der Waals surface area contributed by atoms with E-state index < -0.39 is 6.04 Å². The summed E-state index contributed by atoms with van der Waals surface area (Å²) in [7, 11) is 0. The second-order valence-electron chi connectivity index (χ2n) is 4.98.